The van der Waals surface area contributed by atoms with Crippen molar-refractivity contribution in [2.45, 2.75) is 33.2 Å². The van der Waals surface area contributed by atoms with Crippen molar-refractivity contribution < 1.29 is 4.39 Å². The summed E-state index contributed by atoms with van der Waals surface area (Å²) in [6.07, 6.45) is 0.851. The van der Waals surface area contributed by atoms with Crippen molar-refractivity contribution in [1.29, 1.82) is 0 Å². The van der Waals surface area contributed by atoms with Crippen LogP contribution in [0, 0.1) is 12.7 Å². The second-order valence-corrected chi connectivity index (χ2v) is 5.88. The Labute approximate surface area is 116 Å². The predicted octanol–water partition coefficient (Wildman–Crippen LogP) is 3.19. The van der Waals surface area contributed by atoms with Crippen molar-refractivity contribution in [1.82, 2.24) is 15.5 Å². The SMILES string of the molecule is Cc1ccc(F)cc1-c1nnc(CCNC(C)C)s1. The molecule has 0 aliphatic carbocycles. The molecule has 0 fully saturated rings. The van der Waals surface area contributed by atoms with Gasteiger partial charge in [0.25, 0.3) is 0 Å². The quantitative estimate of drug-likeness (QED) is 0.913. The van der Waals surface area contributed by atoms with Crippen molar-refractivity contribution >= 4 is 11.3 Å². The molecule has 1 aromatic carbocycles. The van der Waals surface area contributed by atoms with E-state index in [4.69, 9.17) is 0 Å². The fraction of sp³-hybridized carbons (Fsp3) is 0.429. The van der Waals surface area contributed by atoms with Crippen molar-refractivity contribution in [3.63, 3.8) is 0 Å². The van der Waals surface area contributed by atoms with Gasteiger partial charge in [-0.25, -0.2) is 4.39 Å². The highest BCUT2D eigenvalue weighted by molar-refractivity contribution is 7.14. The number of halogens is 1. The van der Waals surface area contributed by atoms with E-state index in [1.165, 1.54) is 23.5 Å². The van der Waals surface area contributed by atoms with Crippen molar-refractivity contribution in [2.24, 2.45) is 0 Å². The summed E-state index contributed by atoms with van der Waals surface area (Å²) in [5, 5.41) is 13.4. The molecule has 0 radical (unpaired) electrons. The molecule has 0 atom stereocenters. The Morgan fingerprint density at radius 1 is 1.32 bits per heavy atom. The number of nitrogens with one attached hydrogen (secondary N) is 1. The first kappa shape index (κ1) is 14.1. The molecule has 0 bridgehead atoms. The summed E-state index contributed by atoms with van der Waals surface area (Å²) in [5.41, 5.74) is 1.85. The summed E-state index contributed by atoms with van der Waals surface area (Å²) in [7, 11) is 0. The summed E-state index contributed by atoms with van der Waals surface area (Å²) in [6, 6.07) is 5.23. The van der Waals surface area contributed by atoms with Crippen LogP contribution in [0.3, 0.4) is 0 Å². The third kappa shape index (κ3) is 3.81. The molecule has 2 rings (SSSR count). The van der Waals surface area contributed by atoms with E-state index in [-0.39, 0.29) is 5.82 Å². The zero-order valence-electron chi connectivity index (χ0n) is 11.4. The Morgan fingerprint density at radius 2 is 2.11 bits per heavy atom. The van der Waals surface area contributed by atoms with Crippen LogP contribution >= 0.6 is 11.3 Å². The van der Waals surface area contributed by atoms with Gasteiger partial charge in [-0.3, -0.25) is 0 Å². The number of nitrogens with zero attached hydrogens (tertiary/aromatic N) is 2. The standard InChI is InChI=1S/C14H18FN3S/c1-9(2)16-7-6-13-17-18-14(19-13)12-8-11(15)5-4-10(12)3/h4-5,8-9,16H,6-7H2,1-3H3. The molecular weight excluding hydrogens is 261 g/mol. The maximum atomic E-state index is 13.3. The molecule has 0 saturated heterocycles. The highest BCUT2D eigenvalue weighted by Crippen LogP contribution is 2.27. The van der Waals surface area contributed by atoms with E-state index in [0.29, 0.717) is 6.04 Å². The van der Waals surface area contributed by atoms with E-state index in [0.717, 1.165) is 34.1 Å². The van der Waals surface area contributed by atoms with E-state index in [2.05, 4.69) is 29.4 Å². The van der Waals surface area contributed by atoms with Gasteiger partial charge in [0.1, 0.15) is 15.8 Å². The number of aromatic nitrogens is 2. The molecule has 3 nitrogen and oxygen atoms in total. The van der Waals surface area contributed by atoms with Crippen LogP contribution in [-0.4, -0.2) is 22.8 Å². The zero-order valence-corrected chi connectivity index (χ0v) is 12.2. The molecule has 1 N–H and O–H groups in total. The minimum absolute atomic E-state index is 0.237. The highest BCUT2D eigenvalue weighted by atomic mass is 32.1. The van der Waals surface area contributed by atoms with E-state index in [1.807, 2.05) is 6.92 Å². The Morgan fingerprint density at radius 3 is 2.84 bits per heavy atom. The first-order chi connectivity index (χ1) is 9.06. The maximum Gasteiger partial charge on any atom is 0.148 e. The van der Waals surface area contributed by atoms with E-state index in [1.54, 1.807) is 6.07 Å². The van der Waals surface area contributed by atoms with Crippen LogP contribution in [0.25, 0.3) is 10.6 Å². The lowest BCUT2D eigenvalue weighted by atomic mass is 10.1. The van der Waals surface area contributed by atoms with E-state index >= 15 is 0 Å². The third-order valence-corrected chi connectivity index (χ3v) is 3.80. The van der Waals surface area contributed by atoms with Crippen LogP contribution in [0.4, 0.5) is 4.39 Å². The first-order valence-corrected chi connectivity index (χ1v) is 7.20. The normalized spacial score (nSPS) is 11.2. The second kappa shape index (κ2) is 6.21. The average Bonchev–Trinajstić information content (AvgIpc) is 2.80. The highest BCUT2D eigenvalue weighted by Gasteiger charge is 2.10. The van der Waals surface area contributed by atoms with Gasteiger partial charge in [-0.15, -0.1) is 10.2 Å². The smallest absolute Gasteiger partial charge is 0.148 e. The van der Waals surface area contributed by atoms with Crippen LogP contribution < -0.4 is 5.32 Å². The topological polar surface area (TPSA) is 37.8 Å². The molecule has 1 aromatic heterocycles. The predicted molar refractivity (Wildman–Crippen MR) is 76.9 cm³/mol. The van der Waals surface area contributed by atoms with E-state index in [9.17, 15) is 4.39 Å². The van der Waals surface area contributed by atoms with Crippen LogP contribution in [0.15, 0.2) is 18.2 Å². The minimum atomic E-state index is -0.237. The van der Waals surface area contributed by atoms with Crippen molar-refractivity contribution in [2.75, 3.05) is 6.54 Å². The summed E-state index contributed by atoms with van der Waals surface area (Å²) in [4.78, 5) is 0. The maximum absolute atomic E-state index is 13.3. The zero-order chi connectivity index (χ0) is 13.8. The Bertz CT molecular complexity index is 551. The van der Waals surface area contributed by atoms with Crippen LogP contribution in [0.2, 0.25) is 0 Å². The molecule has 5 heteroatoms. The summed E-state index contributed by atoms with van der Waals surface area (Å²) in [5.74, 6) is -0.237. The lowest BCUT2D eigenvalue weighted by molar-refractivity contribution is 0.588. The molecule has 0 spiro atoms. The molecule has 0 amide bonds. The number of benzene rings is 1. The number of aryl methyl sites for hydroxylation is 1. The van der Waals surface area contributed by atoms with Gasteiger partial charge in [0, 0.05) is 24.6 Å². The van der Waals surface area contributed by atoms with Gasteiger partial charge >= 0.3 is 0 Å². The number of hydrogen-bond acceptors (Lipinski definition) is 4. The lowest BCUT2D eigenvalue weighted by Crippen LogP contribution is -2.24. The molecular formula is C14H18FN3S. The number of hydrogen-bond donors (Lipinski definition) is 1. The lowest BCUT2D eigenvalue weighted by Gasteiger charge is -2.05. The Kier molecular flexibility index (Phi) is 4.61. The van der Waals surface area contributed by atoms with Gasteiger partial charge in [0.2, 0.25) is 0 Å². The van der Waals surface area contributed by atoms with Crippen LogP contribution in [0.1, 0.15) is 24.4 Å². The average molecular weight is 279 g/mol. The van der Waals surface area contributed by atoms with Gasteiger partial charge < -0.3 is 5.32 Å². The fourth-order valence-electron chi connectivity index (χ4n) is 1.76. The molecule has 0 aliphatic heterocycles. The third-order valence-electron chi connectivity index (χ3n) is 2.79. The van der Waals surface area contributed by atoms with Gasteiger partial charge in [-0.2, -0.15) is 0 Å². The molecule has 0 aliphatic rings. The summed E-state index contributed by atoms with van der Waals surface area (Å²) >= 11 is 1.53. The molecule has 1 heterocycles. The monoisotopic (exact) mass is 279 g/mol. The molecule has 102 valence electrons. The van der Waals surface area contributed by atoms with E-state index < -0.39 is 0 Å². The Balaban J connectivity index is 2.10. The molecule has 2 aromatic rings. The van der Waals surface area contributed by atoms with Crippen LogP contribution in [0.5, 0.6) is 0 Å². The van der Waals surface area contributed by atoms with Gasteiger partial charge in [-0.05, 0) is 24.6 Å². The minimum Gasteiger partial charge on any atom is -0.314 e. The van der Waals surface area contributed by atoms with Gasteiger partial charge in [0.05, 0.1) is 0 Å². The largest absolute Gasteiger partial charge is 0.314 e. The molecule has 0 saturated carbocycles. The van der Waals surface area contributed by atoms with Crippen molar-refractivity contribution in [3.05, 3.63) is 34.6 Å². The first-order valence-electron chi connectivity index (χ1n) is 6.38. The second-order valence-electron chi connectivity index (χ2n) is 4.82. The molecule has 0 unspecified atom stereocenters. The Hall–Kier alpha value is -1.33. The summed E-state index contributed by atoms with van der Waals surface area (Å²) < 4.78 is 13.3. The number of rotatable bonds is 5. The fourth-order valence-corrected chi connectivity index (χ4v) is 2.68. The van der Waals surface area contributed by atoms with Gasteiger partial charge in [-0.1, -0.05) is 31.3 Å². The van der Waals surface area contributed by atoms with Gasteiger partial charge in [0.15, 0.2) is 0 Å². The van der Waals surface area contributed by atoms with Crippen LogP contribution in [-0.2, 0) is 6.42 Å². The summed E-state index contributed by atoms with van der Waals surface area (Å²) in [6.45, 7) is 7.06. The van der Waals surface area contributed by atoms with Crippen molar-refractivity contribution in [3.8, 4) is 10.6 Å². The molecule has 19 heavy (non-hydrogen) atoms.